The van der Waals surface area contributed by atoms with Crippen molar-refractivity contribution < 1.29 is 17.8 Å². The van der Waals surface area contributed by atoms with E-state index in [4.69, 9.17) is 0 Å². The first-order valence-corrected chi connectivity index (χ1v) is 24.2. The van der Waals surface area contributed by atoms with Gasteiger partial charge in [0.05, 0.1) is 0 Å². The van der Waals surface area contributed by atoms with Crippen molar-refractivity contribution >= 4 is 54.9 Å². The molecule has 0 radical (unpaired) electrons. The molecule has 2 aromatic rings. The topological polar surface area (TPSA) is 6.25 Å². The van der Waals surface area contributed by atoms with Crippen LogP contribution in [0.1, 0.15) is 101 Å². The third-order valence-corrected chi connectivity index (χ3v) is 6.12. The number of anilines is 1. The van der Waals surface area contributed by atoms with Crippen LogP contribution in [0.2, 0.25) is 0 Å². The van der Waals surface area contributed by atoms with Crippen molar-refractivity contribution in [2.75, 3.05) is 18.0 Å². The third kappa shape index (κ3) is 6.83. The first-order valence-electron chi connectivity index (χ1n) is 11.6. The van der Waals surface area contributed by atoms with Crippen LogP contribution >= 0.6 is 37.2 Å². The zero-order valence-corrected chi connectivity index (χ0v) is 27.3. The quantitative estimate of drug-likeness (QED) is 0.253. The number of halogens is 3. The molecule has 0 saturated heterocycles. The van der Waals surface area contributed by atoms with E-state index in [1.807, 2.05) is 0 Å². The van der Waals surface area contributed by atoms with E-state index < -0.39 is 0 Å². The molecule has 5 heteroatoms. The van der Waals surface area contributed by atoms with Crippen LogP contribution in [0.3, 0.4) is 0 Å². The van der Waals surface area contributed by atoms with Gasteiger partial charge in [-0.05, 0) is 23.7 Å². The summed E-state index contributed by atoms with van der Waals surface area (Å²) in [7, 11) is 0. The minimum atomic E-state index is 0.514. The molecular weight excluding hydrogens is 733 g/mol. The fourth-order valence-electron chi connectivity index (χ4n) is 4.53. The predicted octanol–water partition coefficient (Wildman–Crippen LogP) is 6.15. The minimum absolute atomic E-state index is 0.514. The van der Waals surface area contributed by atoms with Gasteiger partial charge in [0, 0.05) is 22.3 Å². The standard InChI is InChI=1S/C27H39N2.I3/c1-18(2)22-11-9-12-23(19(3)4)26(22)28-15-16-29(17-28)27-24(20(5)6)13-10-14-25(27)21(7)8;1-3-2/h9-14,17-21H,15-16H2,1-8H3;/q+1;-1. The molecule has 0 unspecified atom stereocenters. The molecule has 1 aliphatic heterocycles. The van der Waals surface area contributed by atoms with Crippen molar-refractivity contribution in [3.8, 4) is 0 Å². The molecule has 2 aromatic carbocycles. The monoisotopic (exact) mass is 772 g/mol. The fraction of sp³-hybridized carbons (Fsp3) is 0.519. The van der Waals surface area contributed by atoms with Crippen molar-refractivity contribution in [1.82, 2.24) is 0 Å². The number of benzene rings is 2. The van der Waals surface area contributed by atoms with E-state index in [0.717, 1.165) is 13.1 Å². The van der Waals surface area contributed by atoms with Crippen LogP contribution in [0.15, 0.2) is 36.4 Å². The second kappa shape index (κ2) is 13.3. The summed E-state index contributed by atoms with van der Waals surface area (Å²) in [5.41, 5.74) is 8.67. The van der Waals surface area contributed by atoms with Gasteiger partial charge < -0.3 is 0 Å². The van der Waals surface area contributed by atoms with Gasteiger partial charge in [-0.15, -0.1) is 0 Å². The van der Waals surface area contributed by atoms with E-state index in [0.29, 0.717) is 36.9 Å². The molecule has 1 heterocycles. The number of para-hydroxylation sites is 2. The van der Waals surface area contributed by atoms with Crippen LogP contribution in [0.4, 0.5) is 11.4 Å². The molecular formula is C27H39I3N2. The average molecular weight is 772 g/mol. The molecule has 0 N–H and O–H groups in total. The Morgan fingerprint density at radius 1 is 0.719 bits per heavy atom. The summed E-state index contributed by atoms with van der Waals surface area (Å²) in [6, 6.07) is 13.7. The molecule has 0 bridgehead atoms. The van der Waals surface area contributed by atoms with Crippen LogP contribution in [0, 0.1) is 0 Å². The molecule has 32 heavy (non-hydrogen) atoms. The molecule has 0 aromatic heterocycles. The Hall–Kier alpha value is 0.100. The van der Waals surface area contributed by atoms with Gasteiger partial charge in [0.1, 0.15) is 24.5 Å². The SMILES string of the molecule is CC(C)c1cccc(C(C)C)c1N1C=[N+](c2c(C(C)C)cccc2C(C)C)CC1.I[I-]I. The molecule has 2 nitrogen and oxygen atoms in total. The second-order valence-electron chi connectivity index (χ2n) is 9.75. The van der Waals surface area contributed by atoms with Crippen LogP contribution in [-0.2, 0) is 0 Å². The average Bonchev–Trinajstić information content (AvgIpc) is 3.22. The third-order valence-electron chi connectivity index (χ3n) is 6.12. The molecule has 3 rings (SSSR count). The predicted molar refractivity (Wildman–Crippen MR) is 155 cm³/mol. The Balaban J connectivity index is 0.00000114. The normalized spacial score (nSPS) is 13.9. The molecule has 0 amide bonds. The second-order valence-corrected chi connectivity index (χ2v) is 26.0. The zero-order valence-electron chi connectivity index (χ0n) is 20.8. The van der Waals surface area contributed by atoms with E-state index >= 15 is 0 Å². The van der Waals surface area contributed by atoms with Crippen LogP contribution in [0.25, 0.3) is 0 Å². The Kier molecular flexibility index (Phi) is 11.7. The molecule has 0 fully saturated rings. The van der Waals surface area contributed by atoms with E-state index in [-0.39, 0.29) is 0 Å². The summed E-state index contributed by atoms with van der Waals surface area (Å²) < 4.78 is 2.51. The first-order chi connectivity index (χ1) is 15.1. The summed E-state index contributed by atoms with van der Waals surface area (Å²) >= 11 is 5.30. The Morgan fingerprint density at radius 3 is 1.47 bits per heavy atom. The van der Waals surface area contributed by atoms with Gasteiger partial charge in [0.15, 0.2) is 0 Å². The molecule has 0 atom stereocenters. The molecule has 0 aliphatic carbocycles. The Labute approximate surface area is 226 Å². The van der Waals surface area contributed by atoms with Gasteiger partial charge >= 0.3 is 50.5 Å². The van der Waals surface area contributed by atoms with Crippen molar-refractivity contribution in [2.45, 2.75) is 79.1 Å². The van der Waals surface area contributed by atoms with Gasteiger partial charge in [-0.1, -0.05) is 91.8 Å². The zero-order chi connectivity index (χ0) is 24.0. The van der Waals surface area contributed by atoms with Crippen molar-refractivity contribution in [3.63, 3.8) is 0 Å². The van der Waals surface area contributed by atoms with Gasteiger partial charge in [-0.2, -0.15) is 0 Å². The Bertz CT molecular complexity index is 865. The van der Waals surface area contributed by atoms with Gasteiger partial charge in [0.25, 0.3) is 0 Å². The van der Waals surface area contributed by atoms with Crippen LogP contribution in [0.5, 0.6) is 0 Å². The van der Waals surface area contributed by atoms with Crippen molar-refractivity contribution in [2.24, 2.45) is 0 Å². The maximum absolute atomic E-state index is 2.51. The van der Waals surface area contributed by atoms with Crippen LogP contribution in [-0.4, -0.2) is 24.0 Å². The van der Waals surface area contributed by atoms with E-state index in [1.165, 1.54) is 33.6 Å². The van der Waals surface area contributed by atoms with E-state index in [1.54, 1.807) is 0 Å². The maximum atomic E-state index is 2.51. The van der Waals surface area contributed by atoms with E-state index in [9.17, 15) is 0 Å². The summed E-state index contributed by atoms with van der Waals surface area (Å²) in [6.07, 6.45) is 2.38. The van der Waals surface area contributed by atoms with Crippen LogP contribution < -0.4 is 18.2 Å². The van der Waals surface area contributed by atoms with Gasteiger partial charge in [-0.3, -0.25) is 0 Å². The summed E-state index contributed by atoms with van der Waals surface area (Å²) in [5, 5.41) is 0. The number of hydrogen-bond acceptors (Lipinski definition) is 1. The Morgan fingerprint density at radius 2 is 1.09 bits per heavy atom. The fourth-order valence-corrected chi connectivity index (χ4v) is 4.53. The number of hydrogen-bond donors (Lipinski definition) is 0. The molecule has 0 spiro atoms. The molecule has 0 saturated carbocycles. The van der Waals surface area contributed by atoms with Crippen molar-refractivity contribution in [1.29, 1.82) is 0 Å². The van der Waals surface area contributed by atoms with E-state index in [2.05, 4.69) is 145 Å². The summed E-state index contributed by atoms with van der Waals surface area (Å²) in [6.45, 7) is 20.5. The number of nitrogens with zero attached hydrogens (tertiary/aromatic N) is 2. The van der Waals surface area contributed by atoms with Crippen molar-refractivity contribution in [3.05, 3.63) is 58.7 Å². The molecule has 1 aliphatic rings. The molecule has 178 valence electrons. The summed E-state index contributed by atoms with van der Waals surface area (Å²) in [5.74, 6) is 2.06. The van der Waals surface area contributed by atoms with Gasteiger partial charge in [-0.25, -0.2) is 9.48 Å². The summed E-state index contributed by atoms with van der Waals surface area (Å²) in [4.78, 5) is 2.51. The number of rotatable bonds is 6. The first kappa shape index (κ1) is 28.3. The van der Waals surface area contributed by atoms with Gasteiger partial charge in [0.2, 0.25) is 6.34 Å².